The molecule has 1 aliphatic heterocycles. The molecule has 1 saturated carbocycles. The number of likely N-dealkylation sites (tertiary alicyclic amines) is 1. The molecule has 0 spiro atoms. The van der Waals surface area contributed by atoms with E-state index in [2.05, 4.69) is 5.32 Å². The van der Waals surface area contributed by atoms with Crippen molar-refractivity contribution in [3.05, 3.63) is 47.0 Å². The van der Waals surface area contributed by atoms with Gasteiger partial charge in [-0.2, -0.15) is 0 Å². The van der Waals surface area contributed by atoms with Crippen molar-refractivity contribution in [2.45, 2.75) is 76.9 Å². The van der Waals surface area contributed by atoms with Crippen molar-refractivity contribution in [1.82, 2.24) is 15.1 Å². The van der Waals surface area contributed by atoms with Crippen LogP contribution in [0.25, 0.3) is 0 Å². The molecule has 35 heavy (non-hydrogen) atoms. The first-order chi connectivity index (χ1) is 16.9. The van der Waals surface area contributed by atoms with Gasteiger partial charge in [0.25, 0.3) is 0 Å². The molecular weight excluding hydrogens is 466 g/mol. The maximum atomic E-state index is 13.5. The zero-order valence-corrected chi connectivity index (χ0v) is 21.0. The maximum absolute atomic E-state index is 13.5. The van der Waals surface area contributed by atoms with E-state index in [-0.39, 0.29) is 61.0 Å². The first-order valence-corrected chi connectivity index (χ1v) is 13.1. The summed E-state index contributed by atoms with van der Waals surface area (Å²) in [5.41, 5.74) is 0.861. The Balaban J connectivity index is 1.47. The molecule has 1 aromatic rings. The predicted molar refractivity (Wildman–Crippen MR) is 133 cm³/mol. The number of nitrogens with zero attached hydrogens (tertiary/aromatic N) is 2. The van der Waals surface area contributed by atoms with Gasteiger partial charge >= 0.3 is 0 Å². The summed E-state index contributed by atoms with van der Waals surface area (Å²) in [5.74, 6) is -1.39. The zero-order valence-electron chi connectivity index (χ0n) is 20.2. The van der Waals surface area contributed by atoms with Crippen molar-refractivity contribution >= 4 is 35.2 Å². The highest BCUT2D eigenvalue weighted by molar-refractivity contribution is 6.30. The number of amides is 4. The number of carbonyl (C=O) groups excluding carboxylic acids is 4. The molecule has 188 valence electrons. The second-order valence-electron chi connectivity index (χ2n) is 9.80. The minimum atomic E-state index is -0.629. The van der Waals surface area contributed by atoms with E-state index in [9.17, 15) is 19.2 Å². The number of benzene rings is 1. The second-order valence-corrected chi connectivity index (χ2v) is 10.2. The van der Waals surface area contributed by atoms with Gasteiger partial charge in [0.2, 0.25) is 23.6 Å². The summed E-state index contributed by atoms with van der Waals surface area (Å²) in [6.07, 6.45) is 9.62. The molecule has 2 fully saturated rings. The molecule has 4 amide bonds. The van der Waals surface area contributed by atoms with E-state index in [1.165, 1.54) is 4.90 Å². The van der Waals surface area contributed by atoms with Crippen LogP contribution in [0.3, 0.4) is 0 Å². The lowest BCUT2D eigenvalue weighted by molar-refractivity contribution is -0.144. The first-order valence-electron chi connectivity index (χ1n) is 12.7. The van der Waals surface area contributed by atoms with E-state index >= 15 is 0 Å². The molecule has 0 radical (unpaired) electrons. The van der Waals surface area contributed by atoms with E-state index in [4.69, 9.17) is 11.6 Å². The van der Waals surface area contributed by atoms with Gasteiger partial charge in [-0.15, -0.1) is 0 Å². The van der Waals surface area contributed by atoms with Crippen LogP contribution in [0.1, 0.15) is 63.9 Å². The van der Waals surface area contributed by atoms with Crippen LogP contribution in [0.5, 0.6) is 0 Å². The summed E-state index contributed by atoms with van der Waals surface area (Å²) >= 11 is 6.03. The molecule has 1 saturated heterocycles. The molecule has 3 atom stereocenters. The zero-order chi connectivity index (χ0) is 24.9. The molecule has 0 bridgehead atoms. The lowest BCUT2D eigenvalue weighted by Crippen LogP contribution is -2.51. The molecule has 3 aliphatic rings. The van der Waals surface area contributed by atoms with Crippen LogP contribution in [-0.4, -0.2) is 52.1 Å². The van der Waals surface area contributed by atoms with Gasteiger partial charge in [0.15, 0.2) is 0 Å². The fourth-order valence-electron chi connectivity index (χ4n) is 5.51. The third kappa shape index (κ3) is 5.77. The molecule has 2 aliphatic carbocycles. The SMILES string of the molecule is CCC(C(=O)NC1CCCC1)N(Cc1ccc(Cl)cc1)C(=O)CCN1C(=O)[C@H]2CC=CC[C@H]2C1=O. The number of hydrogen-bond acceptors (Lipinski definition) is 4. The van der Waals surface area contributed by atoms with Crippen molar-refractivity contribution in [2.24, 2.45) is 11.8 Å². The number of carbonyl (C=O) groups is 4. The van der Waals surface area contributed by atoms with Crippen LogP contribution in [-0.2, 0) is 25.7 Å². The Morgan fingerprint density at radius 1 is 1.06 bits per heavy atom. The van der Waals surface area contributed by atoms with E-state index in [1.807, 2.05) is 31.2 Å². The Bertz CT molecular complexity index is 961. The Morgan fingerprint density at radius 2 is 1.66 bits per heavy atom. The van der Waals surface area contributed by atoms with Gasteiger partial charge < -0.3 is 10.2 Å². The van der Waals surface area contributed by atoms with Gasteiger partial charge in [-0.1, -0.05) is 55.7 Å². The standard InChI is InChI=1S/C27H34ClN3O4/c1-2-23(25(33)29-20-7-3-4-8-20)31(17-18-11-13-19(28)14-12-18)24(32)15-16-30-26(34)21-9-5-6-10-22(21)27(30)35/h5-6,11-14,20-23H,2-4,7-10,15-17H2,1H3,(H,29,33)/t21-,22+,23?. The molecule has 8 heteroatoms. The highest BCUT2D eigenvalue weighted by Gasteiger charge is 2.47. The topological polar surface area (TPSA) is 86.8 Å². The van der Waals surface area contributed by atoms with Crippen LogP contribution in [0.2, 0.25) is 5.02 Å². The third-order valence-electron chi connectivity index (χ3n) is 7.50. The fraction of sp³-hybridized carbons (Fsp3) is 0.556. The summed E-state index contributed by atoms with van der Waals surface area (Å²) < 4.78 is 0. The van der Waals surface area contributed by atoms with Crippen molar-refractivity contribution in [1.29, 1.82) is 0 Å². The smallest absolute Gasteiger partial charge is 0.243 e. The average Bonchev–Trinajstić information content (AvgIpc) is 3.45. The number of allylic oxidation sites excluding steroid dienone is 2. The van der Waals surface area contributed by atoms with Crippen molar-refractivity contribution in [3.8, 4) is 0 Å². The van der Waals surface area contributed by atoms with Crippen LogP contribution in [0.4, 0.5) is 0 Å². The van der Waals surface area contributed by atoms with Crippen LogP contribution >= 0.6 is 11.6 Å². The number of fused-ring (bicyclic) bond motifs is 1. The summed E-state index contributed by atoms with van der Waals surface area (Å²) in [6.45, 7) is 2.19. The average molecular weight is 500 g/mol. The lowest BCUT2D eigenvalue weighted by atomic mass is 9.85. The predicted octanol–water partition coefficient (Wildman–Crippen LogP) is 3.85. The number of rotatable bonds is 9. The number of halogens is 1. The monoisotopic (exact) mass is 499 g/mol. The quantitative estimate of drug-likeness (QED) is 0.413. The van der Waals surface area contributed by atoms with Gasteiger partial charge in [-0.05, 0) is 49.8 Å². The largest absolute Gasteiger partial charge is 0.352 e. The summed E-state index contributed by atoms with van der Waals surface area (Å²) in [7, 11) is 0. The Labute approximate surface area is 211 Å². The van der Waals surface area contributed by atoms with E-state index < -0.39 is 6.04 Å². The molecule has 1 N–H and O–H groups in total. The molecule has 1 aromatic carbocycles. The summed E-state index contributed by atoms with van der Waals surface area (Å²) in [4.78, 5) is 55.2. The fourth-order valence-corrected chi connectivity index (χ4v) is 5.64. The number of imide groups is 1. The Morgan fingerprint density at radius 3 is 2.23 bits per heavy atom. The molecule has 1 heterocycles. The highest BCUT2D eigenvalue weighted by Crippen LogP contribution is 2.35. The minimum Gasteiger partial charge on any atom is -0.352 e. The Hall–Kier alpha value is -2.67. The molecule has 4 rings (SSSR count). The maximum Gasteiger partial charge on any atom is 0.243 e. The first kappa shape index (κ1) is 25.4. The molecule has 7 nitrogen and oxygen atoms in total. The molecule has 1 unspecified atom stereocenters. The normalized spacial score (nSPS) is 22.9. The van der Waals surface area contributed by atoms with Crippen LogP contribution in [0.15, 0.2) is 36.4 Å². The Kier molecular flexibility index (Phi) is 8.26. The van der Waals surface area contributed by atoms with Crippen molar-refractivity contribution in [3.63, 3.8) is 0 Å². The number of nitrogens with one attached hydrogen (secondary N) is 1. The van der Waals surface area contributed by atoms with Crippen molar-refractivity contribution < 1.29 is 19.2 Å². The van der Waals surface area contributed by atoms with Crippen LogP contribution < -0.4 is 5.32 Å². The van der Waals surface area contributed by atoms with Gasteiger partial charge in [0.05, 0.1) is 11.8 Å². The van der Waals surface area contributed by atoms with Crippen molar-refractivity contribution in [2.75, 3.05) is 6.54 Å². The van der Waals surface area contributed by atoms with E-state index in [1.54, 1.807) is 17.0 Å². The van der Waals surface area contributed by atoms with Gasteiger partial charge in [-0.25, -0.2) is 0 Å². The summed E-state index contributed by atoms with van der Waals surface area (Å²) in [5, 5.41) is 3.72. The molecular formula is C27H34ClN3O4. The van der Waals surface area contributed by atoms with Crippen LogP contribution in [0, 0.1) is 11.8 Å². The second kappa shape index (κ2) is 11.4. The molecule has 0 aromatic heterocycles. The van der Waals surface area contributed by atoms with E-state index in [0.717, 1.165) is 31.2 Å². The highest BCUT2D eigenvalue weighted by atomic mass is 35.5. The van der Waals surface area contributed by atoms with Gasteiger partial charge in [-0.3, -0.25) is 24.1 Å². The van der Waals surface area contributed by atoms with Gasteiger partial charge in [0, 0.05) is 30.6 Å². The lowest BCUT2D eigenvalue weighted by Gasteiger charge is -2.32. The van der Waals surface area contributed by atoms with Gasteiger partial charge in [0.1, 0.15) is 6.04 Å². The third-order valence-corrected chi connectivity index (χ3v) is 7.75. The minimum absolute atomic E-state index is 0.00878. The number of hydrogen-bond donors (Lipinski definition) is 1. The summed E-state index contributed by atoms with van der Waals surface area (Å²) in [6, 6.07) is 6.73. The van der Waals surface area contributed by atoms with E-state index in [0.29, 0.717) is 24.3 Å².